The quantitative estimate of drug-likeness (QED) is 0.915. The predicted octanol–water partition coefficient (Wildman–Crippen LogP) is 2.99. The highest BCUT2D eigenvalue weighted by molar-refractivity contribution is 6.28. The lowest BCUT2D eigenvalue weighted by molar-refractivity contribution is 0.814. The normalized spacial score (nSPS) is 10.0. The van der Waals surface area contributed by atoms with Crippen LogP contribution in [0, 0.1) is 11.3 Å². The first kappa shape index (κ1) is 15.0. The van der Waals surface area contributed by atoms with Crippen LogP contribution in [0.1, 0.15) is 19.4 Å². The average Bonchev–Trinajstić information content (AvgIpc) is 2.48. The summed E-state index contributed by atoms with van der Waals surface area (Å²) in [5.74, 6) is 0.880. The Bertz CT molecular complexity index is 663. The number of nitrogens with zero attached hydrogens (tertiary/aromatic N) is 5. The van der Waals surface area contributed by atoms with Gasteiger partial charge in [0.2, 0.25) is 17.2 Å². The molecule has 0 saturated carbocycles. The highest BCUT2D eigenvalue weighted by atomic mass is 35.5. The van der Waals surface area contributed by atoms with Crippen molar-refractivity contribution in [3.8, 4) is 6.07 Å². The maximum atomic E-state index is 8.91. The van der Waals surface area contributed by atoms with E-state index in [1.54, 1.807) is 18.2 Å². The van der Waals surface area contributed by atoms with Crippen LogP contribution in [0.2, 0.25) is 5.28 Å². The van der Waals surface area contributed by atoms with Gasteiger partial charge in [-0.05, 0) is 43.6 Å². The molecule has 0 bridgehead atoms. The second kappa shape index (κ2) is 6.86. The summed E-state index contributed by atoms with van der Waals surface area (Å²) in [5, 5.41) is 12.1. The van der Waals surface area contributed by atoms with Crippen LogP contribution < -0.4 is 10.2 Å². The van der Waals surface area contributed by atoms with Crippen molar-refractivity contribution < 1.29 is 0 Å². The maximum absolute atomic E-state index is 8.91. The number of benzene rings is 1. The van der Waals surface area contributed by atoms with Crippen molar-refractivity contribution >= 4 is 29.2 Å². The molecule has 1 heterocycles. The minimum Gasteiger partial charge on any atom is -0.341 e. The summed E-state index contributed by atoms with van der Waals surface area (Å²) >= 11 is 5.95. The van der Waals surface area contributed by atoms with Crippen LogP contribution in [0.3, 0.4) is 0 Å². The molecule has 0 unspecified atom stereocenters. The monoisotopic (exact) mass is 302 g/mol. The molecular weight excluding hydrogens is 288 g/mol. The Morgan fingerprint density at radius 3 is 2.67 bits per heavy atom. The largest absolute Gasteiger partial charge is 0.341 e. The molecule has 0 fully saturated rings. The third-order valence-corrected chi connectivity index (χ3v) is 3.06. The van der Waals surface area contributed by atoms with E-state index < -0.39 is 0 Å². The van der Waals surface area contributed by atoms with Gasteiger partial charge in [-0.25, -0.2) is 0 Å². The Morgan fingerprint density at radius 1 is 1.24 bits per heavy atom. The van der Waals surface area contributed by atoms with Crippen molar-refractivity contribution in [1.29, 1.82) is 5.26 Å². The van der Waals surface area contributed by atoms with Gasteiger partial charge in [0.15, 0.2) is 0 Å². The summed E-state index contributed by atoms with van der Waals surface area (Å²) in [5.41, 5.74) is 1.28. The molecule has 21 heavy (non-hydrogen) atoms. The Kier molecular flexibility index (Phi) is 4.90. The average molecular weight is 303 g/mol. The van der Waals surface area contributed by atoms with Gasteiger partial charge in [-0.15, -0.1) is 0 Å². The summed E-state index contributed by atoms with van der Waals surface area (Å²) in [6.07, 6.45) is 0. The molecule has 108 valence electrons. The molecule has 0 aliphatic heterocycles. The van der Waals surface area contributed by atoms with Gasteiger partial charge in [-0.1, -0.05) is 6.07 Å². The molecule has 0 atom stereocenters. The Hall–Kier alpha value is -2.39. The zero-order valence-corrected chi connectivity index (χ0v) is 12.6. The molecule has 0 spiro atoms. The van der Waals surface area contributed by atoms with Crippen LogP contribution in [0.4, 0.5) is 17.6 Å². The van der Waals surface area contributed by atoms with Crippen molar-refractivity contribution in [3.63, 3.8) is 0 Å². The molecule has 0 aliphatic carbocycles. The molecular formula is C14H15ClN6. The highest BCUT2D eigenvalue weighted by Crippen LogP contribution is 2.18. The number of nitrogens with one attached hydrogen (secondary N) is 1. The Labute approximate surface area is 128 Å². The second-order valence-corrected chi connectivity index (χ2v) is 4.56. The fourth-order valence-corrected chi connectivity index (χ4v) is 1.99. The van der Waals surface area contributed by atoms with Gasteiger partial charge >= 0.3 is 0 Å². The van der Waals surface area contributed by atoms with E-state index in [1.165, 1.54) is 0 Å². The zero-order valence-electron chi connectivity index (χ0n) is 11.8. The minimum absolute atomic E-state index is 0.130. The first-order chi connectivity index (χ1) is 10.2. The topological polar surface area (TPSA) is 77.7 Å². The highest BCUT2D eigenvalue weighted by Gasteiger charge is 2.10. The van der Waals surface area contributed by atoms with Gasteiger partial charge in [-0.2, -0.15) is 20.2 Å². The van der Waals surface area contributed by atoms with E-state index in [2.05, 4.69) is 26.3 Å². The molecule has 0 radical (unpaired) electrons. The summed E-state index contributed by atoms with van der Waals surface area (Å²) < 4.78 is 0. The van der Waals surface area contributed by atoms with Gasteiger partial charge in [0.05, 0.1) is 11.6 Å². The van der Waals surface area contributed by atoms with Crippen molar-refractivity contribution in [2.75, 3.05) is 23.3 Å². The molecule has 1 N–H and O–H groups in total. The number of hydrogen-bond donors (Lipinski definition) is 1. The number of hydrogen-bond acceptors (Lipinski definition) is 6. The molecule has 0 amide bonds. The van der Waals surface area contributed by atoms with Crippen LogP contribution in [0.5, 0.6) is 0 Å². The first-order valence-electron chi connectivity index (χ1n) is 6.60. The molecule has 0 saturated heterocycles. The van der Waals surface area contributed by atoms with Crippen LogP contribution >= 0.6 is 11.6 Å². The number of nitriles is 1. The lowest BCUT2D eigenvalue weighted by atomic mass is 10.2. The minimum atomic E-state index is 0.130. The van der Waals surface area contributed by atoms with E-state index >= 15 is 0 Å². The van der Waals surface area contributed by atoms with Crippen LogP contribution in [-0.4, -0.2) is 28.0 Å². The molecule has 0 aliphatic rings. The summed E-state index contributed by atoms with van der Waals surface area (Å²) in [7, 11) is 0. The number of halogens is 1. The lowest BCUT2D eigenvalue weighted by Gasteiger charge is -2.18. The van der Waals surface area contributed by atoms with E-state index in [4.69, 9.17) is 16.9 Å². The van der Waals surface area contributed by atoms with Gasteiger partial charge in [0.1, 0.15) is 0 Å². The Balaban J connectivity index is 2.29. The number of anilines is 3. The van der Waals surface area contributed by atoms with E-state index in [-0.39, 0.29) is 5.28 Å². The van der Waals surface area contributed by atoms with Crippen molar-refractivity contribution in [3.05, 3.63) is 35.1 Å². The molecule has 6 nitrogen and oxygen atoms in total. The Morgan fingerprint density at radius 2 is 2.00 bits per heavy atom. The summed E-state index contributed by atoms with van der Waals surface area (Å²) in [4.78, 5) is 14.5. The van der Waals surface area contributed by atoms with Gasteiger partial charge in [0, 0.05) is 18.8 Å². The third-order valence-electron chi connectivity index (χ3n) is 2.89. The third kappa shape index (κ3) is 3.80. The molecule has 7 heteroatoms. The summed E-state index contributed by atoms with van der Waals surface area (Å²) in [6.45, 7) is 5.59. The van der Waals surface area contributed by atoms with Crippen molar-refractivity contribution in [2.24, 2.45) is 0 Å². The predicted molar refractivity (Wildman–Crippen MR) is 82.8 cm³/mol. The van der Waals surface area contributed by atoms with E-state index in [9.17, 15) is 0 Å². The standard InChI is InChI=1S/C14H15ClN6/c1-3-21(4-2)14-19-12(15)18-13(20-14)17-11-7-5-6-10(8-11)9-16/h5-8H,3-4H2,1-2H3,(H,17,18,19,20). The van der Waals surface area contributed by atoms with Crippen molar-refractivity contribution in [1.82, 2.24) is 15.0 Å². The SMILES string of the molecule is CCN(CC)c1nc(Cl)nc(Nc2cccc(C#N)c2)n1. The van der Waals surface area contributed by atoms with Gasteiger partial charge in [0.25, 0.3) is 0 Å². The van der Waals surface area contributed by atoms with E-state index in [0.717, 1.165) is 18.8 Å². The molecule has 1 aromatic carbocycles. The zero-order chi connectivity index (χ0) is 15.2. The van der Waals surface area contributed by atoms with E-state index in [0.29, 0.717) is 17.5 Å². The van der Waals surface area contributed by atoms with Crippen molar-refractivity contribution in [2.45, 2.75) is 13.8 Å². The molecule has 2 rings (SSSR count). The summed E-state index contributed by atoms with van der Waals surface area (Å²) in [6, 6.07) is 9.15. The molecule has 1 aromatic heterocycles. The maximum Gasteiger partial charge on any atom is 0.233 e. The number of aromatic nitrogens is 3. The van der Waals surface area contributed by atoms with Crippen LogP contribution in [0.15, 0.2) is 24.3 Å². The lowest BCUT2D eigenvalue weighted by Crippen LogP contribution is -2.24. The van der Waals surface area contributed by atoms with Crippen LogP contribution in [-0.2, 0) is 0 Å². The second-order valence-electron chi connectivity index (χ2n) is 4.22. The first-order valence-corrected chi connectivity index (χ1v) is 6.97. The fraction of sp³-hybridized carbons (Fsp3) is 0.286. The number of rotatable bonds is 5. The van der Waals surface area contributed by atoms with Gasteiger partial charge < -0.3 is 10.2 Å². The fourth-order valence-electron chi connectivity index (χ4n) is 1.84. The smallest absolute Gasteiger partial charge is 0.233 e. The van der Waals surface area contributed by atoms with E-state index in [1.807, 2.05) is 24.8 Å². The van der Waals surface area contributed by atoms with Crippen LogP contribution in [0.25, 0.3) is 0 Å². The molecule has 2 aromatic rings. The van der Waals surface area contributed by atoms with Gasteiger partial charge in [-0.3, -0.25) is 0 Å².